The zero-order chi connectivity index (χ0) is 11.0. The molecule has 0 amide bonds. The van der Waals surface area contributed by atoms with Crippen LogP contribution < -0.4 is 0 Å². The Balaban J connectivity index is 5.75. The predicted molar refractivity (Wildman–Crippen MR) is 43.2 cm³/mol. The smallest absolute Gasteiger partial charge is 0.148 e. The topological polar surface area (TPSA) is 119 Å². The van der Waals surface area contributed by atoms with Crippen LogP contribution in [0.25, 0.3) is 0 Å². The van der Waals surface area contributed by atoms with Gasteiger partial charge in [0.1, 0.15) is 29.8 Å². The molecule has 0 aromatic rings. The second-order valence-corrected chi connectivity index (χ2v) is 1.88. The summed E-state index contributed by atoms with van der Waals surface area (Å²) in [6.45, 7) is 0. The maximum atomic E-state index is 8.58. The zero-order valence-electron chi connectivity index (χ0n) is 6.81. The minimum absolute atomic E-state index is 0.284. The van der Waals surface area contributed by atoms with Gasteiger partial charge < -0.3 is 0 Å². The predicted octanol–water partition coefficient (Wildman–Crippen LogP) is 0.827. The lowest BCUT2D eigenvalue weighted by Crippen LogP contribution is -1.89. The molecule has 0 aromatic carbocycles. The number of hydrogen-bond donors (Lipinski definition) is 0. The van der Waals surface area contributed by atoms with Gasteiger partial charge in [0.05, 0.1) is 17.2 Å². The number of nitrogens with zero attached hydrogens (tertiary/aromatic N) is 5. The largest absolute Gasteiger partial charge is 0.193 e. The molecule has 0 fully saturated rings. The van der Waals surface area contributed by atoms with Gasteiger partial charge in [-0.15, -0.1) is 0 Å². The highest BCUT2D eigenvalue weighted by molar-refractivity contribution is 5.60. The maximum Gasteiger partial charge on any atom is 0.148 e. The molecule has 0 aromatic heterocycles. The molecule has 0 unspecified atom stereocenters. The monoisotopic (exact) mass is 179 g/mol. The van der Waals surface area contributed by atoms with Crippen LogP contribution in [0.1, 0.15) is 0 Å². The van der Waals surface area contributed by atoms with Gasteiger partial charge in [-0.05, 0) is 0 Å². The van der Waals surface area contributed by atoms with Crippen LogP contribution in [0, 0.1) is 56.7 Å². The third kappa shape index (κ3) is 2.21. The first-order chi connectivity index (χ1) is 6.74. The second-order valence-electron chi connectivity index (χ2n) is 1.88. The third-order valence-corrected chi connectivity index (χ3v) is 1.18. The molecule has 5 heteroatoms. The Hall–Kier alpha value is -3.07. The number of hydrogen-bond acceptors (Lipinski definition) is 5. The lowest BCUT2D eigenvalue weighted by atomic mass is 10.0. The first-order valence-corrected chi connectivity index (χ1v) is 3.20. The molecule has 0 radical (unpaired) electrons. The highest BCUT2D eigenvalue weighted by Gasteiger charge is 2.10. The Morgan fingerprint density at radius 3 is 1.64 bits per heavy atom. The van der Waals surface area contributed by atoms with Crippen LogP contribution in [0.3, 0.4) is 0 Å². The SMILES string of the molecule is N#CC=C(C#N)C(C#N)=C(C#N)C#N. The van der Waals surface area contributed by atoms with E-state index in [1.54, 1.807) is 12.1 Å². The molecule has 0 atom stereocenters. The first-order valence-electron chi connectivity index (χ1n) is 3.20. The molecule has 5 nitrogen and oxygen atoms in total. The van der Waals surface area contributed by atoms with Gasteiger partial charge in [0.25, 0.3) is 0 Å². The molecule has 0 saturated heterocycles. The Kier molecular flexibility index (Phi) is 4.34. The Morgan fingerprint density at radius 2 is 1.36 bits per heavy atom. The zero-order valence-corrected chi connectivity index (χ0v) is 6.81. The molecule has 0 spiro atoms. The number of nitriles is 5. The van der Waals surface area contributed by atoms with Crippen molar-refractivity contribution < 1.29 is 0 Å². The van der Waals surface area contributed by atoms with Crippen molar-refractivity contribution in [2.24, 2.45) is 0 Å². The first kappa shape index (κ1) is 10.9. The van der Waals surface area contributed by atoms with E-state index in [2.05, 4.69) is 0 Å². The van der Waals surface area contributed by atoms with Crippen LogP contribution in [0.15, 0.2) is 22.8 Å². The highest BCUT2D eigenvalue weighted by Crippen LogP contribution is 2.12. The van der Waals surface area contributed by atoms with Gasteiger partial charge in [-0.2, -0.15) is 26.3 Å². The van der Waals surface area contributed by atoms with Crippen molar-refractivity contribution in [3.05, 3.63) is 22.8 Å². The summed E-state index contributed by atoms with van der Waals surface area (Å²) in [6, 6.07) is 7.58. The van der Waals surface area contributed by atoms with Crippen LogP contribution in [0.2, 0.25) is 0 Å². The quantitative estimate of drug-likeness (QED) is 0.436. The van der Waals surface area contributed by atoms with Crippen molar-refractivity contribution >= 4 is 0 Å². The summed E-state index contributed by atoms with van der Waals surface area (Å²) in [7, 11) is 0. The summed E-state index contributed by atoms with van der Waals surface area (Å²) in [5.41, 5.74) is -1.14. The van der Waals surface area contributed by atoms with E-state index in [0.29, 0.717) is 0 Å². The summed E-state index contributed by atoms with van der Waals surface area (Å²) in [5, 5.41) is 42.2. The fraction of sp³-hybridized carbons (Fsp3) is 0. The Labute approximate surface area is 80.2 Å². The molecule has 0 aliphatic rings. The maximum absolute atomic E-state index is 8.58. The van der Waals surface area contributed by atoms with E-state index in [4.69, 9.17) is 26.3 Å². The molecular weight excluding hydrogens is 178 g/mol. The lowest BCUT2D eigenvalue weighted by molar-refractivity contribution is 1.38. The summed E-state index contributed by atoms with van der Waals surface area (Å²) in [4.78, 5) is 0. The molecule has 0 rings (SSSR count). The standard InChI is InChI=1S/C9HN5/c10-2-1-7(3-11)9(6-14)8(4-12)5-13/h1H. The van der Waals surface area contributed by atoms with Crippen LogP contribution >= 0.6 is 0 Å². The van der Waals surface area contributed by atoms with Gasteiger partial charge in [0.15, 0.2) is 0 Å². The van der Waals surface area contributed by atoms with E-state index >= 15 is 0 Å². The minimum atomic E-state index is -0.476. The van der Waals surface area contributed by atoms with Gasteiger partial charge in [0, 0.05) is 6.08 Å². The van der Waals surface area contributed by atoms with E-state index in [1.807, 2.05) is 0 Å². The highest BCUT2D eigenvalue weighted by atomic mass is 14.3. The van der Waals surface area contributed by atoms with Crippen molar-refractivity contribution in [2.75, 3.05) is 0 Å². The molecule has 14 heavy (non-hydrogen) atoms. The van der Waals surface area contributed by atoms with E-state index in [9.17, 15) is 0 Å². The lowest BCUT2D eigenvalue weighted by Gasteiger charge is -1.90. The van der Waals surface area contributed by atoms with Crippen molar-refractivity contribution in [1.82, 2.24) is 0 Å². The molecule has 62 valence electrons. The van der Waals surface area contributed by atoms with E-state index < -0.39 is 5.57 Å². The van der Waals surface area contributed by atoms with E-state index in [1.165, 1.54) is 18.2 Å². The van der Waals surface area contributed by atoms with Crippen LogP contribution in [-0.2, 0) is 0 Å². The number of allylic oxidation sites excluding steroid dienone is 4. The van der Waals surface area contributed by atoms with Gasteiger partial charge in [-0.3, -0.25) is 0 Å². The Bertz CT molecular complexity index is 486. The van der Waals surface area contributed by atoms with Gasteiger partial charge >= 0.3 is 0 Å². The number of rotatable bonds is 1. The molecular formula is C9HN5. The van der Waals surface area contributed by atoms with Crippen LogP contribution in [0.5, 0.6) is 0 Å². The van der Waals surface area contributed by atoms with Crippen LogP contribution in [-0.4, -0.2) is 0 Å². The van der Waals surface area contributed by atoms with Gasteiger partial charge in [0.2, 0.25) is 0 Å². The fourth-order valence-electron chi connectivity index (χ4n) is 0.612. The molecule has 0 aliphatic carbocycles. The molecule has 0 aliphatic heterocycles. The average Bonchev–Trinajstić information content (AvgIpc) is 2.23. The fourth-order valence-corrected chi connectivity index (χ4v) is 0.612. The van der Waals surface area contributed by atoms with Gasteiger partial charge in [-0.25, -0.2) is 0 Å². The Morgan fingerprint density at radius 1 is 0.786 bits per heavy atom. The van der Waals surface area contributed by atoms with Crippen molar-refractivity contribution in [3.63, 3.8) is 0 Å². The summed E-state index contributed by atoms with van der Waals surface area (Å²) in [5.74, 6) is 0. The van der Waals surface area contributed by atoms with Gasteiger partial charge in [-0.1, -0.05) is 0 Å². The summed E-state index contributed by atoms with van der Waals surface area (Å²) >= 11 is 0. The molecule has 0 heterocycles. The van der Waals surface area contributed by atoms with E-state index in [0.717, 1.165) is 6.08 Å². The summed E-state index contributed by atoms with van der Waals surface area (Å²) in [6.07, 6.45) is 0.813. The molecule has 0 N–H and O–H groups in total. The average molecular weight is 179 g/mol. The third-order valence-electron chi connectivity index (χ3n) is 1.18. The molecule has 0 saturated carbocycles. The van der Waals surface area contributed by atoms with Crippen molar-refractivity contribution in [3.8, 4) is 30.3 Å². The van der Waals surface area contributed by atoms with E-state index in [-0.39, 0.29) is 11.1 Å². The van der Waals surface area contributed by atoms with Crippen LogP contribution in [0.4, 0.5) is 0 Å². The normalized spacial score (nSPS) is 8.07. The molecule has 0 bridgehead atoms. The van der Waals surface area contributed by atoms with Crippen molar-refractivity contribution in [2.45, 2.75) is 0 Å². The summed E-state index contributed by atoms with van der Waals surface area (Å²) < 4.78 is 0. The minimum Gasteiger partial charge on any atom is -0.193 e. The van der Waals surface area contributed by atoms with Crippen molar-refractivity contribution in [1.29, 1.82) is 26.3 Å². The second kappa shape index (κ2) is 5.56.